The summed E-state index contributed by atoms with van der Waals surface area (Å²) in [4.78, 5) is 0. The number of nitrogen functional groups attached to an aromatic ring is 1. The van der Waals surface area contributed by atoms with Crippen LogP contribution >= 0.6 is 15.9 Å². The molecule has 0 aliphatic carbocycles. The molecule has 0 bridgehead atoms. The molecular formula is C14H18BrN3O. The number of anilines is 1. The van der Waals surface area contributed by atoms with Crippen LogP contribution in [-0.2, 0) is 0 Å². The highest BCUT2D eigenvalue weighted by Gasteiger charge is 2.13. The van der Waals surface area contributed by atoms with Crippen molar-refractivity contribution in [2.24, 2.45) is 0 Å². The Morgan fingerprint density at radius 1 is 1.37 bits per heavy atom. The van der Waals surface area contributed by atoms with Crippen LogP contribution in [0.5, 0.6) is 5.75 Å². The van der Waals surface area contributed by atoms with Crippen LogP contribution in [-0.4, -0.2) is 16.4 Å². The van der Waals surface area contributed by atoms with E-state index in [2.05, 4.69) is 34.9 Å². The molecule has 2 rings (SSSR count). The Labute approximate surface area is 121 Å². The summed E-state index contributed by atoms with van der Waals surface area (Å²) >= 11 is 3.37. The Balaban J connectivity index is 2.15. The van der Waals surface area contributed by atoms with E-state index in [-0.39, 0.29) is 6.04 Å². The van der Waals surface area contributed by atoms with Crippen LogP contribution in [0.2, 0.25) is 0 Å². The molecule has 1 heterocycles. The third kappa shape index (κ3) is 3.10. The molecule has 0 aliphatic heterocycles. The van der Waals surface area contributed by atoms with Gasteiger partial charge in [0.15, 0.2) is 0 Å². The Hall–Kier alpha value is -1.49. The van der Waals surface area contributed by atoms with Gasteiger partial charge in [0.25, 0.3) is 0 Å². The van der Waals surface area contributed by atoms with Gasteiger partial charge in [-0.15, -0.1) is 0 Å². The van der Waals surface area contributed by atoms with E-state index in [0.29, 0.717) is 5.82 Å². The lowest BCUT2D eigenvalue weighted by Gasteiger charge is -2.15. The lowest BCUT2D eigenvalue weighted by molar-refractivity contribution is 0.317. The van der Waals surface area contributed by atoms with E-state index in [0.717, 1.165) is 28.8 Å². The first kappa shape index (κ1) is 13.9. The molecule has 2 N–H and O–H groups in total. The molecule has 0 spiro atoms. The SMILES string of the molecule is CCCOc1ccc(C(C)n2ncc(Br)c2N)cc1. The van der Waals surface area contributed by atoms with Crippen molar-refractivity contribution in [2.75, 3.05) is 12.3 Å². The number of hydrogen-bond acceptors (Lipinski definition) is 3. The zero-order valence-corrected chi connectivity index (χ0v) is 12.7. The monoisotopic (exact) mass is 323 g/mol. The fourth-order valence-corrected chi connectivity index (χ4v) is 2.14. The highest BCUT2D eigenvalue weighted by atomic mass is 79.9. The number of rotatable bonds is 5. The maximum atomic E-state index is 5.97. The molecule has 1 atom stereocenters. The third-order valence-corrected chi connectivity index (χ3v) is 3.60. The first-order chi connectivity index (χ1) is 9.13. The number of hydrogen-bond donors (Lipinski definition) is 1. The van der Waals surface area contributed by atoms with Gasteiger partial charge in [0, 0.05) is 0 Å². The summed E-state index contributed by atoms with van der Waals surface area (Å²) < 4.78 is 8.19. The van der Waals surface area contributed by atoms with Gasteiger partial charge in [-0.05, 0) is 47.0 Å². The second-order valence-electron chi connectivity index (χ2n) is 4.42. The summed E-state index contributed by atoms with van der Waals surface area (Å²) in [5.41, 5.74) is 7.11. The minimum Gasteiger partial charge on any atom is -0.494 e. The van der Waals surface area contributed by atoms with E-state index in [1.807, 2.05) is 24.3 Å². The molecule has 0 aliphatic rings. The van der Waals surface area contributed by atoms with Crippen LogP contribution in [0, 0.1) is 0 Å². The smallest absolute Gasteiger partial charge is 0.136 e. The standard InChI is InChI=1S/C14H18BrN3O/c1-3-8-19-12-6-4-11(5-7-12)10(2)18-14(16)13(15)9-17-18/h4-7,9-10H,3,8,16H2,1-2H3. The van der Waals surface area contributed by atoms with Gasteiger partial charge in [0.05, 0.1) is 23.3 Å². The van der Waals surface area contributed by atoms with Gasteiger partial charge in [-0.3, -0.25) is 0 Å². The fourth-order valence-electron chi connectivity index (χ4n) is 1.86. The van der Waals surface area contributed by atoms with Gasteiger partial charge in [-0.25, -0.2) is 4.68 Å². The van der Waals surface area contributed by atoms with E-state index < -0.39 is 0 Å². The average molecular weight is 324 g/mol. The van der Waals surface area contributed by atoms with Crippen molar-refractivity contribution in [3.63, 3.8) is 0 Å². The van der Waals surface area contributed by atoms with Crippen LogP contribution in [0.15, 0.2) is 34.9 Å². The molecule has 102 valence electrons. The quantitative estimate of drug-likeness (QED) is 0.914. The van der Waals surface area contributed by atoms with Gasteiger partial charge in [-0.1, -0.05) is 19.1 Å². The Bertz CT molecular complexity index is 536. The predicted molar refractivity (Wildman–Crippen MR) is 80.4 cm³/mol. The molecule has 1 aromatic heterocycles. The number of nitrogens with zero attached hydrogens (tertiary/aromatic N) is 2. The molecular weight excluding hydrogens is 306 g/mol. The molecule has 1 unspecified atom stereocenters. The summed E-state index contributed by atoms with van der Waals surface area (Å²) in [7, 11) is 0. The maximum absolute atomic E-state index is 5.97. The normalized spacial score (nSPS) is 12.4. The second kappa shape index (κ2) is 6.10. The van der Waals surface area contributed by atoms with Crippen molar-refractivity contribution in [2.45, 2.75) is 26.3 Å². The van der Waals surface area contributed by atoms with Crippen LogP contribution in [0.3, 0.4) is 0 Å². The van der Waals surface area contributed by atoms with Crippen molar-refractivity contribution >= 4 is 21.7 Å². The number of nitrogens with two attached hydrogens (primary N) is 1. The summed E-state index contributed by atoms with van der Waals surface area (Å²) in [6.07, 6.45) is 2.72. The van der Waals surface area contributed by atoms with Gasteiger partial charge in [0.2, 0.25) is 0 Å². The lowest BCUT2D eigenvalue weighted by Crippen LogP contribution is -2.11. The molecule has 1 aromatic carbocycles. The van der Waals surface area contributed by atoms with Gasteiger partial charge in [0.1, 0.15) is 11.6 Å². The van der Waals surface area contributed by atoms with Crippen molar-refractivity contribution in [3.05, 3.63) is 40.5 Å². The number of aromatic nitrogens is 2. The molecule has 4 nitrogen and oxygen atoms in total. The molecule has 0 radical (unpaired) electrons. The van der Waals surface area contributed by atoms with Gasteiger partial charge >= 0.3 is 0 Å². The molecule has 0 fully saturated rings. The minimum absolute atomic E-state index is 0.0894. The first-order valence-corrected chi connectivity index (χ1v) is 7.14. The molecule has 0 saturated carbocycles. The Morgan fingerprint density at radius 3 is 2.58 bits per heavy atom. The zero-order chi connectivity index (χ0) is 13.8. The summed E-state index contributed by atoms with van der Waals surface area (Å²) in [5.74, 6) is 1.53. The molecule has 2 aromatic rings. The Kier molecular flexibility index (Phi) is 4.47. The van der Waals surface area contributed by atoms with E-state index in [1.165, 1.54) is 0 Å². The molecule has 19 heavy (non-hydrogen) atoms. The van der Waals surface area contributed by atoms with E-state index in [4.69, 9.17) is 10.5 Å². The Morgan fingerprint density at radius 2 is 2.05 bits per heavy atom. The highest BCUT2D eigenvalue weighted by Crippen LogP contribution is 2.26. The predicted octanol–water partition coefficient (Wildman–Crippen LogP) is 3.63. The molecule has 5 heteroatoms. The third-order valence-electron chi connectivity index (χ3n) is 2.99. The number of halogens is 1. The fraction of sp³-hybridized carbons (Fsp3) is 0.357. The van der Waals surface area contributed by atoms with E-state index >= 15 is 0 Å². The lowest BCUT2D eigenvalue weighted by atomic mass is 10.1. The van der Waals surface area contributed by atoms with Crippen LogP contribution in [0.1, 0.15) is 31.9 Å². The number of benzene rings is 1. The number of ether oxygens (including phenoxy) is 1. The first-order valence-electron chi connectivity index (χ1n) is 6.34. The summed E-state index contributed by atoms with van der Waals surface area (Å²) in [6, 6.07) is 8.15. The second-order valence-corrected chi connectivity index (χ2v) is 5.27. The average Bonchev–Trinajstić information content (AvgIpc) is 2.76. The van der Waals surface area contributed by atoms with Crippen molar-refractivity contribution in [3.8, 4) is 5.75 Å². The van der Waals surface area contributed by atoms with Crippen molar-refractivity contribution in [1.82, 2.24) is 9.78 Å². The highest BCUT2D eigenvalue weighted by molar-refractivity contribution is 9.10. The zero-order valence-electron chi connectivity index (χ0n) is 11.1. The maximum Gasteiger partial charge on any atom is 0.136 e. The van der Waals surface area contributed by atoms with Gasteiger partial charge < -0.3 is 10.5 Å². The van der Waals surface area contributed by atoms with Crippen molar-refractivity contribution < 1.29 is 4.74 Å². The molecule has 0 saturated heterocycles. The topological polar surface area (TPSA) is 53.1 Å². The van der Waals surface area contributed by atoms with Crippen LogP contribution in [0.25, 0.3) is 0 Å². The van der Waals surface area contributed by atoms with Crippen LogP contribution < -0.4 is 10.5 Å². The minimum atomic E-state index is 0.0894. The molecule has 0 amide bonds. The van der Waals surface area contributed by atoms with Crippen LogP contribution in [0.4, 0.5) is 5.82 Å². The van der Waals surface area contributed by atoms with Gasteiger partial charge in [-0.2, -0.15) is 5.10 Å². The largest absolute Gasteiger partial charge is 0.494 e. The van der Waals surface area contributed by atoms with Crippen molar-refractivity contribution in [1.29, 1.82) is 0 Å². The van der Waals surface area contributed by atoms with E-state index in [1.54, 1.807) is 10.9 Å². The van der Waals surface area contributed by atoms with E-state index in [9.17, 15) is 0 Å². The summed E-state index contributed by atoms with van der Waals surface area (Å²) in [5, 5.41) is 4.28. The summed E-state index contributed by atoms with van der Waals surface area (Å²) in [6.45, 7) is 4.90.